The molecule has 0 spiro atoms. The highest BCUT2D eigenvalue weighted by atomic mass is 35.5. The molecule has 1 aromatic rings. The summed E-state index contributed by atoms with van der Waals surface area (Å²) in [6.07, 6.45) is 4.02. The average Bonchev–Trinajstić information content (AvgIpc) is 2.80. The van der Waals surface area contributed by atoms with Gasteiger partial charge in [0.25, 0.3) is 0 Å². The SMILES string of the molecule is CN=C(NCCCCC(=O)OC)N(C)Cc1cc(Cl)cn1C. The molecule has 0 aromatic carbocycles. The number of carbonyl (C=O) groups excluding carboxylic acids is 1. The highest BCUT2D eigenvalue weighted by Gasteiger charge is 2.09. The second-order valence-electron chi connectivity index (χ2n) is 5.12. The van der Waals surface area contributed by atoms with Gasteiger partial charge in [-0.3, -0.25) is 9.79 Å². The number of aryl methyl sites for hydroxylation is 1. The third-order valence-corrected chi connectivity index (χ3v) is 3.57. The quantitative estimate of drug-likeness (QED) is 0.360. The number of nitrogens with zero attached hydrogens (tertiary/aromatic N) is 3. The lowest BCUT2D eigenvalue weighted by Crippen LogP contribution is -2.39. The molecule has 124 valence electrons. The van der Waals surface area contributed by atoms with Gasteiger partial charge < -0.3 is 19.5 Å². The minimum absolute atomic E-state index is 0.165. The summed E-state index contributed by atoms with van der Waals surface area (Å²) in [7, 11) is 7.11. The van der Waals surface area contributed by atoms with Crippen molar-refractivity contribution in [2.75, 3.05) is 27.7 Å². The van der Waals surface area contributed by atoms with E-state index in [0.29, 0.717) is 13.0 Å². The van der Waals surface area contributed by atoms with E-state index in [2.05, 4.69) is 15.0 Å². The van der Waals surface area contributed by atoms with E-state index in [-0.39, 0.29) is 5.97 Å². The van der Waals surface area contributed by atoms with Crippen molar-refractivity contribution >= 4 is 23.5 Å². The predicted molar refractivity (Wildman–Crippen MR) is 89.1 cm³/mol. The van der Waals surface area contributed by atoms with E-state index >= 15 is 0 Å². The molecule has 22 heavy (non-hydrogen) atoms. The standard InChI is InChI=1S/C15H25ClN4O2/c1-17-15(18-8-6-5-7-14(21)22-4)20(3)11-13-9-12(16)10-19(13)2/h9-10H,5-8,11H2,1-4H3,(H,17,18). The summed E-state index contributed by atoms with van der Waals surface area (Å²) in [5.74, 6) is 0.650. The Morgan fingerprint density at radius 2 is 2.23 bits per heavy atom. The van der Waals surface area contributed by atoms with E-state index in [1.165, 1.54) is 7.11 Å². The van der Waals surface area contributed by atoms with Crippen molar-refractivity contribution in [3.05, 3.63) is 23.0 Å². The molecule has 0 aliphatic carbocycles. The van der Waals surface area contributed by atoms with E-state index in [1.54, 1.807) is 7.05 Å². The zero-order valence-electron chi connectivity index (χ0n) is 13.7. The number of halogens is 1. The fraction of sp³-hybridized carbons (Fsp3) is 0.600. The first-order chi connectivity index (χ1) is 10.5. The van der Waals surface area contributed by atoms with E-state index < -0.39 is 0 Å². The van der Waals surface area contributed by atoms with Gasteiger partial charge in [0, 0.05) is 46.0 Å². The lowest BCUT2D eigenvalue weighted by molar-refractivity contribution is -0.140. The second-order valence-corrected chi connectivity index (χ2v) is 5.56. The Bertz CT molecular complexity index is 514. The number of esters is 1. The zero-order chi connectivity index (χ0) is 16.5. The number of carbonyl (C=O) groups is 1. The Morgan fingerprint density at radius 1 is 1.50 bits per heavy atom. The lowest BCUT2D eigenvalue weighted by atomic mass is 10.2. The maximum absolute atomic E-state index is 11.0. The number of unbranched alkanes of at least 4 members (excludes halogenated alkanes) is 1. The Hall–Kier alpha value is -1.69. The molecule has 0 saturated heterocycles. The summed E-state index contributed by atoms with van der Waals surface area (Å²) in [6, 6.07) is 1.95. The van der Waals surface area contributed by atoms with Crippen LogP contribution in [0, 0.1) is 0 Å². The van der Waals surface area contributed by atoms with Gasteiger partial charge in [0.05, 0.1) is 18.7 Å². The normalized spacial score (nSPS) is 11.4. The van der Waals surface area contributed by atoms with Crippen LogP contribution in [0.1, 0.15) is 25.0 Å². The van der Waals surface area contributed by atoms with Crippen LogP contribution in [0.25, 0.3) is 0 Å². The van der Waals surface area contributed by atoms with E-state index in [4.69, 9.17) is 11.6 Å². The van der Waals surface area contributed by atoms with E-state index in [9.17, 15) is 4.79 Å². The van der Waals surface area contributed by atoms with Crippen LogP contribution in [0.4, 0.5) is 0 Å². The van der Waals surface area contributed by atoms with Crippen molar-refractivity contribution in [1.82, 2.24) is 14.8 Å². The number of aliphatic imine (C=N–C) groups is 1. The van der Waals surface area contributed by atoms with Crippen LogP contribution in [0.15, 0.2) is 17.3 Å². The Kier molecular flexibility index (Phi) is 7.80. The van der Waals surface area contributed by atoms with Crippen LogP contribution >= 0.6 is 11.6 Å². The van der Waals surface area contributed by atoms with Gasteiger partial charge in [-0.25, -0.2) is 0 Å². The largest absolute Gasteiger partial charge is 0.469 e. The van der Waals surface area contributed by atoms with Gasteiger partial charge in [0.2, 0.25) is 0 Å². The van der Waals surface area contributed by atoms with Crippen LogP contribution in [-0.2, 0) is 23.1 Å². The summed E-state index contributed by atoms with van der Waals surface area (Å²) in [5, 5.41) is 4.02. The molecule has 1 aromatic heterocycles. The van der Waals surface area contributed by atoms with Crippen molar-refractivity contribution in [2.24, 2.45) is 12.0 Å². The summed E-state index contributed by atoms with van der Waals surface area (Å²) < 4.78 is 6.61. The van der Waals surface area contributed by atoms with Crippen LogP contribution in [0.2, 0.25) is 5.02 Å². The number of ether oxygens (including phenoxy) is 1. The van der Waals surface area contributed by atoms with Crippen molar-refractivity contribution in [3.63, 3.8) is 0 Å². The molecule has 0 amide bonds. The first-order valence-electron chi connectivity index (χ1n) is 7.27. The molecule has 6 nitrogen and oxygen atoms in total. The summed E-state index contributed by atoms with van der Waals surface area (Å²) in [5.41, 5.74) is 1.11. The van der Waals surface area contributed by atoms with E-state index in [0.717, 1.165) is 36.1 Å². The van der Waals surface area contributed by atoms with Gasteiger partial charge in [-0.2, -0.15) is 0 Å². The molecule has 0 unspecified atom stereocenters. The first kappa shape index (κ1) is 18.4. The molecule has 0 radical (unpaired) electrons. The molecule has 0 atom stereocenters. The maximum atomic E-state index is 11.0. The molecule has 1 rings (SSSR count). The summed E-state index contributed by atoms with van der Waals surface area (Å²) in [6.45, 7) is 1.48. The topological polar surface area (TPSA) is 58.9 Å². The zero-order valence-corrected chi connectivity index (χ0v) is 14.5. The summed E-state index contributed by atoms with van der Waals surface area (Å²) >= 11 is 6.00. The number of aromatic nitrogens is 1. The van der Waals surface area contributed by atoms with Crippen LogP contribution in [0.3, 0.4) is 0 Å². The fourth-order valence-electron chi connectivity index (χ4n) is 2.12. The van der Waals surface area contributed by atoms with Gasteiger partial charge in [-0.1, -0.05) is 11.6 Å². The fourth-order valence-corrected chi connectivity index (χ4v) is 2.39. The van der Waals surface area contributed by atoms with Crippen molar-refractivity contribution in [1.29, 1.82) is 0 Å². The molecule has 0 aliphatic rings. The van der Waals surface area contributed by atoms with Gasteiger partial charge in [0.1, 0.15) is 0 Å². The molecule has 1 N–H and O–H groups in total. The van der Waals surface area contributed by atoms with Crippen molar-refractivity contribution in [3.8, 4) is 0 Å². The van der Waals surface area contributed by atoms with Crippen molar-refractivity contribution < 1.29 is 9.53 Å². The highest BCUT2D eigenvalue weighted by Crippen LogP contribution is 2.14. The maximum Gasteiger partial charge on any atom is 0.305 e. The Morgan fingerprint density at radius 3 is 2.77 bits per heavy atom. The molecule has 0 bridgehead atoms. The third kappa shape index (κ3) is 5.97. The number of hydrogen-bond donors (Lipinski definition) is 1. The number of nitrogens with one attached hydrogen (secondary N) is 1. The average molecular weight is 329 g/mol. The molecular formula is C15H25ClN4O2. The molecular weight excluding hydrogens is 304 g/mol. The smallest absolute Gasteiger partial charge is 0.305 e. The van der Waals surface area contributed by atoms with E-state index in [1.807, 2.05) is 35.8 Å². The molecule has 7 heteroatoms. The number of hydrogen-bond acceptors (Lipinski definition) is 3. The Labute approximate surface area is 137 Å². The van der Waals surface area contributed by atoms with Gasteiger partial charge in [-0.15, -0.1) is 0 Å². The number of guanidine groups is 1. The van der Waals surface area contributed by atoms with Crippen LogP contribution < -0.4 is 5.32 Å². The molecule has 1 heterocycles. The predicted octanol–water partition coefficient (Wildman–Crippen LogP) is 2.03. The lowest BCUT2D eigenvalue weighted by Gasteiger charge is -2.22. The molecule has 0 aliphatic heterocycles. The monoisotopic (exact) mass is 328 g/mol. The van der Waals surface area contributed by atoms with Crippen LogP contribution in [0.5, 0.6) is 0 Å². The minimum atomic E-state index is -0.165. The minimum Gasteiger partial charge on any atom is -0.469 e. The van der Waals surface area contributed by atoms with Gasteiger partial charge >= 0.3 is 5.97 Å². The highest BCUT2D eigenvalue weighted by molar-refractivity contribution is 6.30. The molecule has 0 fully saturated rings. The number of methoxy groups -OCH3 is 1. The third-order valence-electron chi connectivity index (χ3n) is 3.37. The van der Waals surface area contributed by atoms with Crippen LogP contribution in [-0.4, -0.2) is 49.1 Å². The first-order valence-corrected chi connectivity index (χ1v) is 7.65. The summed E-state index contributed by atoms with van der Waals surface area (Å²) in [4.78, 5) is 17.3. The second kappa shape index (κ2) is 9.35. The van der Waals surface area contributed by atoms with Gasteiger partial charge in [0.15, 0.2) is 5.96 Å². The Balaban J connectivity index is 2.37. The van der Waals surface area contributed by atoms with Crippen molar-refractivity contribution in [2.45, 2.75) is 25.8 Å². The number of rotatable bonds is 7. The van der Waals surface area contributed by atoms with Gasteiger partial charge in [-0.05, 0) is 18.9 Å². The molecule has 0 saturated carbocycles.